The van der Waals surface area contributed by atoms with Crippen LogP contribution in [0.1, 0.15) is 67.7 Å². The second-order valence-electron chi connectivity index (χ2n) is 8.02. The fraction of sp³-hybridized carbons (Fsp3) is 0.417. The van der Waals surface area contributed by atoms with Crippen molar-refractivity contribution in [3.05, 3.63) is 65.5 Å². The predicted octanol–water partition coefficient (Wildman–Crippen LogP) is 5.02. The number of aromatic carboxylic acids is 1. The van der Waals surface area contributed by atoms with Crippen molar-refractivity contribution in [2.75, 3.05) is 0 Å². The lowest BCUT2D eigenvalue weighted by molar-refractivity contribution is 0.0697. The fourth-order valence-electron chi connectivity index (χ4n) is 3.34. The van der Waals surface area contributed by atoms with Crippen LogP contribution in [0.25, 0.3) is 11.1 Å². The van der Waals surface area contributed by atoms with Gasteiger partial charge in [0, 0.05) is 36.8 Å². The number of carboxylic acid groups (broad SMARTS) is 1. The summed E-state index contributed by atoms with van der Waals surface area (Å²) in [5.74, 6) is 1.53. The van der Waals surface area contributed by atoms with Gasteiger partial charge in [0.2, 0.25) is 0 Å². The lowest BCUT2D eigenvalue weighted by Gasteiger charge is -2.08. The first-order chi connectivity index (χ1) is 14.5. The summed E-state index contributed by atoms with van der Waals surface area (Å²) in [5.41, 5.74) is 2.64. The maximum Gasteiger partial charge on any atom is 0.336 e. The maximum absolute atomic E-state index is 11.5. The van der Waals surface area contributed by atoms with E-state index in [4.69, 9.17) is 10.1 Å². The number of carbonyl (C=O) groups is 1. The molecule has 0 fully saturated rings. The molecule has 0 bridgehead atoms. The average molecular weight is 407 g/mol. The average Bonchev–Trinajstić information content (AvgIpc) is 3.12. The number of aromatic nitrogens is 4. The van der Waals surface area contributed by atoms with E-state index in [1.54, 1.807) is 18.3 Å². The summed E-state index contributed by atoms with van der Waals surface area (Å²) in [6, 6.07) is 10.9. The van der Waals surface area contributed by atoms with E-state index in [0.29, 0.717) is 17.9 Å². The summed E-state index contributed by atoms with van der Waals surface area (Å²) in [6.45, 7) is 7.46. The third-order valence-electron chi connectivity index (χ3n) is 5.09. The zero-order valence-corrected chi connectivity index (χ0v) is 18.0. The van der Waals surface area contributed by atoms with E-state index in [2.05, 4.69) is 25.8 Å². The number of hydrogen-bond donors (Lipinski definition) is 1. The van der Waals surface area contributed by atoms with Crippen LogP contribution in [0.15, 0.2) is 42.6 Å². The van der Waals surface area contributed by atoms with E-state index in [1.165, 1.54) is 0 Å². The van der Waals surface area contributed by atoms with Crippen LogP contribution < -0.4 is 0 Å². The van der Waals surface area contributed by atoms with E-state index < -0.39 is 5.97 Å². The van der Waals surface area contributed by atoms with Crippen molar-refractivity contribution < 1.29 is 9.90 Å². The van der Waals surface area contributed by atoms with E-state index in [-0.39, 0.29) is 5.56 Å². The number of benzene rings is 1. The summed E-state index contributed by atoms with van der Waals surface area (Å²) < 4.78 is 2.02. The van der Waals surface area contributed by atoms with Crippen LogP contribution in [0.3, 0.4) is 0 Å². The quantitative estimate of drug-likeness (QED) is 0.511. The van der Waals surface area contributed by atoms with Gasteiger partial charge in [-0.05, 0) is 36.5 Å². The number of nitrogens with zero attached hydrogens (tertiary/aromatic N) is 4. The molecule has 0 radical (unpaired) electrons. The molecule has 1 aromatic carbocycles. The summed E-state index contributed by atoms with van der Waals surface area (Å²) in [7, 11) is 0. The van der Waals surface area contributed by atoms with Gasteiger partial charge in [0.15, 0.2) is 5.82 Å². The molecule has 2 heterocycles. The summed E-state index contributed by atoms with van der Waals surface area (Å²) >= 11 is 0. The third kappa shape index (κ3) is 5.53. The van der Waals surface area contributed by atoms with Gasteiger partial charge in [-0.3, -0.25) is 4.98 Å². The van der Waals surface area contributed by atoms with Gasteiger partial charge in [0.1, 0.15) is 5.82 Å². The molecular formula is C24H30N4O2. The van der Waals surface area contributed by atoms with Gasteiger partial charge in [-0.15, -0.1) is 0 Å². The standard InChI is InChI=1S/C24H30N4O2/c1-4-5-14-28-23(26-22(27-28)13-10-17(2)3)15-19-12-11-18(16-25-19)20-8-6-7-9-21(20)24(29)30/h6-9,11-12,16-17H,4-5,10,13-15H2,1-3H3,(H,29,30). The Hall–Kier alpha value is -3.02. The Morgan fingerprint density at radius 3 is 2.63 bits per heavy atom. The Bertz CT molecular complexity index is 977. The van der Waals surface area contributed by atoms with E-state index in [0.717, 1.165) is 55.1 Å². The predicted molar refractivity (Wildman–Crippen MR) is 118 cm³/mol. The molecule has 0 saturated carbocycles. The molecule has 3 rings (SSSR count). The molecule has 0 spiro atoms. The largest absolute Gasteiger partial charge is 0.478 e. The Balaban J connectivity index is 1.80. The molecule has 0 atom stereocenters. The van der Waals surface area contributed by atoms with Crippen molar-refractivity contribution in [3.8, 4) is 11.1 Å². The minimum atomic E-state index is -0.937. The topological polar surface area (TPSA) is 80.9 Å². The van der Waals surface area contributed by atoms with E-state index >= 15 is 0 Å². The van der Waals surface area contributed by atoms with Gasteiger partial charge in [0.25, 0.3) is 0 Å². The van der Waals surface area contributed by atoms with Crippen LogP contribution in [-0.4, -0.2) is 30.8 Å². The van der Waals surface area contributed by atoms with E-state index in [1.807, 2.05) is 28.9 Å². The molecule has 0 saturated heterocycles. The van der Waals surface area contributed by atoms with Crippen LogP contribution in [0.2, 0.25) is 0 Å². The van der Waals surface area contributed by atoms with Crippen LogP contribution in [0.5, 0.6) is 0 Å². The Morgan fingerprint density at radius 1 is 1.17 bits per heavy atom. The Labute approximate surface area is 178 Å². The van der Waals surface area contributed by atoms with E-state index in [9.17, 15) is 9.90 Å². The van der Waals surface area contributed by atoms with Crippen LogP contribution >= 0.6 is 0 Å². The zero-order chi connectivity index (χ0) is 21.5. The minimum Gasteiger partial charge on any atom is -0.478 e. The number of aryl methyl sites for hydroxylation is 2. The molecule has 30 heavy (non-hydrogen) atoms. The van der Waals surface area contributed by atoms with Crippen molar-refractivity contribution in [1.29, 1.82) is 0 Å². The van der Waals surface area contributed by atoms with Crippen LogP contribution in [-0.2, 0) is 19.4 Å². The summed E-state index contributed by atoms with van der Waals surface area (Å²) in [6.07, 6.45) is 6.49. The van der Waals surface area contributed by atoms with Crippen LogP contribution in [0, 0.1) is 5.92 Å². The van der Waals surface area contributed by atoms with Crippen molar-refractivity contribution >= 4 is 5.97 Å². The number of rotatable bonds is 10. The van der Waals surface area contributed by atoms with Crippen molar-refractivity contribution in [1.82, 2.24) is 19.7 Å². The molecule has 6 heteroatoms. The molecule has 6 nitrogen and oxygen atoms in total. The first kappa shape index (κ1) is 21.7. The van der Waals surface area contributed by atoms with Crippen molar-refractivity contribution in [3.63, 3.8) is 0 Å². The number of carboxylic acids is 1. The first-order valence-electron chi connectivity index (χ1n) is 10.7. The molecule has 0 aliphatic rings. The second-order valence-corrected chi connectivity index (χ2v) is 8.02. The van der Waals surface area contributed by atoms with Crippen molar-refractivity contribution in [2.45, 2.75) is 59.4 Å². The van der Waals surface area contributed by atoms with Crippen LogP contribution in [0.4, 0.5) is 0 Å². The lowest BCUT2D eigenvalue weighted by atomic mass is 10.0. The van der Waals surface area contributed by atoms with Gasteiger partial charge < -0.3 is 5.11 Å². The highest BCUT2D eigenvalue weighted by molar-refractivity contribution is 5.95. The normalized spacial score (nSPS) is 11.2. The Kier molecular flexibility index (Phi) is 7.33. The molecule has 0 aliphatic carbocycles. The monoisotopic (exact) mass is 406 g/mol. The van der Waals surface area contributed by atoms with Gasteiger partial charge in [-0.25, -0.2) is 14.5 Å². The molecule has 1 N–H and O–H groups in total. The van der Waals surface area contributed by atoms with Gasteiger partial charge in [-0.1, -0.05) is 51.5 Å². The molecule has 0 aliphatic heterocycles. The number of unbranched alkanes of at least 4 members (excludes halogenated alkanes) is 1. The maximum atomic E-state index is 11.5. The molecule has 158 valence electrons. The van der Waals surface area contributed by atoms with Gasteiger partial charge in [0.05, 0.1) is 5.56 Å². The fourth-order valence-corrected chi connectivity index (χ4v) is 3.34. The number of hydrogen-bond acceptors (Lipinski definition) is 4. The summed E-state index contributed by atoms with van der Waals surface area (Å²) in [5, 5.41) is 14.1. The molecule has 2 aromatic heterocycles. The smallest absolute Gasteiger partial charge is 0.336 e. The third-order valence-corrected chi connectivity index (χ3v) is 5.09. The highest BCUT2D eigenvalue weighted by Crippen LogP contribution is 2.23. The lowest BCUT2D eigenvalue weighted by Crippen LogP contribution is -2.07. The number of pyridine rings is 1. The highest BCUT2D eigenvalue weighted by atomic mass is 16.4. The molecular weight excluding hydrogens is 376 g/mol. The SMILES string of the molecule is CCCCn1nc(CCC(C)C)nc1Cc1ccc(-c2ccccc2C(=O)O)cn1. The molecule has 3 aromatic rings. The van der Waals surface area contributed by atoms with Gasteiger partial charge >= 0.3 is 5.97 Å². The van der Waals surface area contributed by atoms with Crippen molar-refractivity contribution in [2.24, 2.45) is 5.92 Å². The minimum absolute atomic E-state index is 0.279. The zero-order valence-electron chi connectivity index (χ0n) is 18.0. The highest BCUT2D eigenvalue weighted by Gasteiger charge is 2.14. The summed E-state index contributed by atoms with van der Waals surface area (Å²) in [4.78, 5) is 20.9. The molecule has 0 amide bonds. The Morgan fingerprint density at radius 2 is 1.97 bits per heavy atom. The second kappa shape index (κ2) is 10.1. The van der Waals surface area contributed by atoms with Gasteiger partial charge in [-0.2, -0.15) is 5.10 Å². The molecule has 0 unspecified atom stereocenters. The first-order valence-corrected chi connectivity index (χ1v) is 10.7.